The van der Waals surface area contributed by atoms with E-state index >= 15 is 0 Å². The van der Waals surface area contributed by atoms with E-state index in [1.54, 1.807) is 11.3 Å². The van der Waals surface area contributed by atoms with Crippen molar-refractivity contribution in [1.82, 2.24) is 0 Å². The summed E-state index contributed by atoms with van der Waals surface area (Å²) in [6.07, 6.45) is 2.47. The number of rotatable bonds is 3. The lowest BCUT2D eigenvalue weighted by Crippen LogP contribution is -2.18. The second kappa shape index (κ2) is 4.13. The highest BCUT2D eigenvalue weighted by molar-refractivity contribution is 7.13. The van der Waals surface area contributed by atoms with Crippen molar-refractivity contribution < 1.29 is 0 Å². The first-order chi connectivity index (χ1) is 8.23. The normalized spacial score (nSPS) is 17.1. The lowest BCUT2D eigenvalue weighted by atomic mass is 9.98. The van der Waals surface area contributed by atoms with Gasteiger partial charge in [-0.2, -0.15) is 0 Å². The summed E-state index contributed by atoms with van der Waals surface area (Å²) in [5, 5.41) is 3.04. The minimum absolute atomic E-state index is 0.293. The molecule has 3 heteroatoms. The molecule has 1 aliphatic rings. The minimum Gasteiger partial charge on any atom is -0.330 e. The molecule has 0 aliphatic heterocycles. The summed E-state index contributed by atoms with van der Waals surface area (Å²) >= 11 is 7.69. The quantitative estimate of drug-likeness (QED) is 0.888. The number of halogens is 1. The average Bonchev–Trinajstić information content (AvgIpc) is 3.00. The highest BCUT2D eigenvalue weighted by Gasteiger charge is 2.43. The lowest BCUT2D eigenvalue weighted by molar-refractivity contribution is 0.708. The van der Waals surface area contributed by atoms with Gasteiger partial charge in [-0.1, -0.05) is 23.7 Å². The third-order valence-corrected chi connectivity index (χ3v) is 4.82. The zero-order valence-electron chi connectivity index (χ0n) is 9.45. The third-order valence-electron chi connectivity index (χ3n) is 3.58. The molecule has 1 nitrogen and oxygen atoms in total. The van der Waals surface area contributed by atoms with Gasteiger partial charge in [0.2, 0.25) is 0 Å². The predicted octanol–water partition coefficient (Wildman–Crippen LogP) is 4.06. The summed E-state index contributed by atoms with van der Waals surface area (Å²) in [7, 11) is 0. The smallest absolute Gasteiger partial charge is 0.0406 e. The Hall–Kier alpha value is -0.830. The molecule has 0 bridgehead atoms. The summed E-state index contributed by atoms with van der Waals surface area (Å²) in [6, 6.07) is 10.3. The first-order valence-electron chi connectivity index (χ1n) is 5.79. The Bertz CT molecular complexity index is 525. The van der Waals surface area contributed by atoms with E-state index in [2.05, 4.69) is 23.6 Å². The van der Waals surface area contributed by atoms with Crippen molar-refractivity contribution in [1.29, 1.82) is 0 Å². The Labute approximate surface area is 110 Å². The summed E-state index contributed by atoms with van der Waals surface area (Å²) < 4.78 is 0. The second-order valence-corrected chi connectivity index (χ2v) is 6.04. The van der Waals surface area contributed by atoms with E-state index in [1.807, 2.05) is 12.1 Å². The molecule has 1 aliphatic carbocycles. The van der Waals surface area contributed by atoms with Crippen molar-refractivity contribution in [3.63, 3.8) is 0 Å². The zero-order chi connectivity index (χ0) is 11.9. The van der Waals surface area contributed by atoms with Crippen LogP contribution in [0.1, 0.15) is 18.4 Å². The molecule has 2 aromatic rings. The van der Waals surface area contributed by atoms with Gasteiger partial charge in [0.1, 0.15) is 0 Å². The number of nitrogens with two attached hydrogens (primary N) is 1. The van der Waals surface area contributed by atoms with Gasteiger partial charge >= 0.3 is 0 Å². The summed E-state index contributed by atoms with van der Waals surface area (Å²) in [6.45, 7) is 0.768. The Morgan fingerprint density at radius 3 is 2.53 bits per heavy atom. The van der Waals surface area contributed by atoms with Crippen LogP contribution >= 0.6 is 22.9 Å². The molecule has 88 valence electrons. The standard InChI is InChI=1S/C14H14ClNS/c15-12-3-1-10(2-4-12)13-7-11(8-17-13)14(9-16)5-6-14/h1-4,7-8H,5-6,9,16H2. The van der Waals surface area contributed by atoms with Crippen LogP contribution in [0.3, 0.4) is 0 Å². The fourth-order valence-electron chi connectivity index (χ4n) is 2.14. The molecular weight excluding hydrogens is 250 g/mol. The first kappa shape index (κ1) is 11.3. The van der Waals surface area contributed by atoms with Crippen molar-refractivity contribution >= 4 is 22.9 Å². The fourth-order valence-corrected chi connectivity index (χ4v) is 3.31. The van der Waals surface area contributed by atoms with Gasteiger partial charge in [0, 0.05) is 21.9 Å². The second-order valence-electron chi connectivity index (χ2n) is 4.69. The molecule has 1 aromatic carbocycles. The van der Waals surface area contributed by atoms with Crippen molar-refractivity contribution in [3.8, 4) is 10.4 Å². The number of hydrogen-bond donors (Lipinski definition) is 1. The van der Waals surface area contributed by atoms with E-state index in [0.717, 1.165) is 11.6 Å². The Morgan fingerprint density at radius 2 is 1.94 bits per heavy atom. The van der Waals surface area contributed by atoms with Crippen LogP contribution in [0.4, 0.5) is 0 Å². The maximum absolute atomic E-state index is 5.90. The van der Waals surface area contributed by atoms with E-state index in [4.69, 9.17) is 17.3 Å². The molecule has 17 heavy (non-hydrogen) atoms. The maximum Gasteiger partial charge on any atom is 0.0406 e. The molecule has 0 spiro atoms. The van der Waals surface area contributed by atoms with Gasteiger partial charge in [0.15, 0.2) is 0 Å². The molecule has 1 heterocycles. The number of benzene rings is 1. The molecule has 1 fully saturated rings. The molecule has 1 aromatic heterocycles. The van der Waals surface area contributed by atoms with Crippen molar-refractivity contribution in [3.05, 3.63) is 46.3 Å². The van der Waals surface area contributed by atoms with Crippen LogP contribution in [0.5, 0.6) is 0 Å². The van der Waals surface area contributed by atoms with Crippen LogP contribution < -0.4 is 5.73 Å². The maximum atomic E-state index is 5.90. The summed E-state index contributed by atoms with van der Waals surface area (Å²) in [5.74, 6) is 0. The molecular formula is C14H14ClNS. The van der Waals surface area contributed by atoms with Crippen LogP contribution in [0, 0.1) is 0 Å². The highest BCUT2D eigenvalue weighted by atomic mass is 35.5. The Balaban J connectivity index is 1.92. The minimum atomic E-state index is 0.293. The Morgan fingerprint density at radius 1 is 1.24 bits per heavy atom. The monoisotopic (exact) mass is 263 g/mol. The van der Waals surface area contributed by atoms with Gasteiger partial charge in [-0.3, -0.25) is 0 Å². The van der Waals surface area contributed by atoms with E-state index in [1.165, 1.54) is 28.8 Å². The molecule has 2 N–H and O–H groups in total. The first-order valence-corrected chi connectivity index (χ1v) is 7.04. The Kier molecular flexibility index (Phi) is 2.74. The molecule has 3 rings (SSSR count). The zero-order valence-corrected chi connectivity index (χ0v) is 11.0. The highest BCUT2D eigenvalue weighted by Crippen LogP contribution is 2.49. The van der Waals surface area contributed by atoms with Gasteiger partial charge in [0.25, 0.3) is 0 Å². The van der Waals surface area contributed by atoms with Gasteiger partial charge in [0.05, 0.1) is 0 Å². The summed E-state index contributed by atoms with van der Waals surface area (Å²) in [4.78, 5) is 1.30. The van der Waals surface area contributed by atoms with E-state index in [0.29, 0.717) is 5.41 Å². The lowest BCUT2D eigenvalue weighted by Gasteiger charge is -2.08. The topological polar surface area (TPSA) is 26.0 Å². The number of thiophene rings is 1. The van der Waals surface area contributed by atoms with E-state index in [-0.39, 0.29) is 0 Å². The fraction of sp³-hybridized carbons (Fsp3) is 0.286. The predicted molar refractivity (Wildman–Crippen MR) is 74.7 cm³/mol. The third kappa shape index (κ3) is 2.01. The van der Waals surface area contributed by atoms with Crippen molar-refractivity contribution in [2.75, 3.05) is 6.54 Å². The van der Waals surface area contributed by atoms with Gasteiger partial charge < -0.3 is 5.73 Å². The molecule has 0 amide bonds. The van der Waals surface area contributed by atoms with Crippen LogP contribution in [0.2, 0.25) is 5.02 Å². The van der Waals surface area contributed by atoms with Gasteiger partial charge in [-0.15, -0.1) is 11.3 Å². The van der Waals surface area contributed by atoms with Crippen LogP contribution in [-0.2, 0) is 5.41 Å². The summed E-state index contributed by atoms with van der Waals surface area (Å²) in [5.41, 5.74) is 8.80. The van der Waals surface area contributed by atoms with Gasteiger partial charge in [-0.05, 0) is 47.5 Å². The molecule has 0 unspecified atom stereocenters. The van der Waals surface area contributed by atoms with Crippen LogP contribution in [0.15, 0.2) is 35.7 Å². The van der Waals surface area contributed by atoms with Crippen molar-refractivity contribution in [2.45, 2.75) is 18.3 Å². The average molecular weight is 264 g/mol. The molecule has 0 saturated heterocycles. The molecule has 0 atom stereocenters. The van der Waals surface area contributed by atoms with Crippen LogP contribution in [0.25, 0.3) is 10.4 Å². The SMILES string of the molecule is NCC1(c2csc(-c3ccc(Cl)cc3)c2)CC1. The van der Waals surface area contributed by atoms with Gasteiger partial charge in [-0.25, -0.2) is 0 Å². The van der Waals surface area contributed by atoms with E-state index in [9.17, 15) is 0 Å². The van der Waals surface area contributed by atoms with Crippen LogP contribution in [-0.4, -0.2) is 6.54 Å². The van der Waals surface area contributed by atoms with Crippen molar-refractivity contribution in [2.24, 2.45) is 5.73 Å². The molecule has 0 radical (unpaired) electrons. The van der Waals surface area contributed by atoms with E-state index < -0.39 is 0 Å². The largest absolute Gasteiger partial charge is 0.330 e. The number of hydrogen-bond acceptors (Lipinski definition) is 2. The molecule has 1 saturated carbocycles.